The highest BCUT2D eigenvalue weighted by molar-refractivity contribution is 5.18. The zero-order valence-electron chi connectivity index (χ0n) is 8.47. The first kappa shape index (κ1) is 9.64. The Hall–Kier alpha value is -1.91. The second-order valence-corrected chi connectivity index (χ2v) is 3.27. The van der Waals surface area contributed by atoms with Crippen LogP contribution in [0.4, 0.5) is 0 Å². The summed E-state index contributed by atoms with van der Waals surface area (Å²) in [5.41, 5.74) is 0.846. The topological polar surface area (TPSA) is 63.6 Å². The minimum absolute atomic E-state index is 0.0860. The van der Waals surface area contributed by atoms with Gasteiger partial charge in [-0.05, 0) is 6.42 Å². The van der Waals surface area contributed by atoms with Crippen molar-refractivity contribution in [2.75, 3.05) is 0 Å². The number of aryl methyl sites for hydroxylation is 1. The molecule has 0 aliphatic heterocycles. The van der Waals surface area contributed by atoms with Crippen LogP contribution >= 0.6 is 0 Å². The molecule has 2 aromatic rings. The van der Waals surface area contributed by atoms with Gasteiger partial charge >= 0.3 is 0 Å². The average molecular weight is 204 g/mol. The molecule has 0 bridgehead atoms. The van der Waals surface area contributed by atoms with Gasteiger partial charge in [0, 0.05) is 24.0 Å². The van der Waals surface area contributed by atoms with Crippen LogP contribution in [0, 0.1) is 0 Å². The molecule has 0 aromatic carbocycles. The zero-order chi connectivity index (χ0) is 10.7. The van der Waals surface area contributed by atoms with Crippen LogP contribution in [-0.2, 0) is 6.42 Å². The lowest BCUT2D eigenvalue weighted by Crippen LogP contribution is -2.14. The number of hydrogen-bond acceptors (Lipinski definition) is 3. The summed E-state index contributed by atoms with van der Waals surface area (Å²) >= 11 is 0. The number of hydrogen-bond donors (Lipinski definition) is 1. The molecule has 1 N–H and O–H groups in total. The maximum absolute atomic E-state index is 11.6. The highest BCUT2D eigenvalue weighted by Gasteiger charge is 2.04. The second kappa shape index (κ2) is 4.08. The van der Waals surface area contributed by atoms with Crippen LogP contribution in [0.25, 0.3) is 5.82 Å². The van der Waals surface area contributed by atoms with E-state index < -0.39 is 0 Å². The number of aromatic nitrogens is 4. The SMILES string of the molecule is CCCc1cc(=O)n(-c2ccncn2)[nH]1. The summed E-state index contributed by atoms with van der Waals surface area (Å²) in [6, 6.07) is 3.29. The quantitative estimate of drug-likeness (QED) is 0.808. The van der Waals surface area contributed by atoms with Crippen molar-refractivity contribution in [2.45, 2.75) is 19.8 Å². The van der Waals surface area contributed by atoms with Crippen molar-refractivity contribution in [2.24, 2.45) is 0 Å². The van der Waals surface area contributed by atoms with E-state index in [0.717, 1.165) is 18.5 Å². The van der Waals surface area contributed by atoms with Gasteiger partial charge in [-0.2, -0.15) is 0 Å². The van der Waals surface area contributed by atoms with Gasteiger partial charge in [0.2, 0.25) is 0 Å². The average Bonchev–Trinajstić information content (AvgIpc) is 2.61. The van der Waals surface area contributed by atoms with Crippen LogP contribution in [0.1, 0.15) is 19.0 Å². The Bertz CT molecular complexity index is 486. The van der Waals surface area contributed by atoms with Crippen molar-refractivity contribution in [1.82, 2.24) is 19.7 Å². The molecule has 0 unspecified atom stereocenters. The number of nitrogens with zero attached hydrogens (tertiary/aromatic N) is 3. The van der Waals surface area contributed by atoms with E-state index in [-0.39, 0.29) is 5.56 Å². The first-order valence-corrected chi connectivity index (χ1v) is 4.88. The lowest BCUT2D eigenvalue weighted by Gasteiger charge is -1.98. The summed E-state index contributed by atoms with van der Waals surface area (Å²) in [6.45, 7) is 2.07. The molecule has 0 radical (unpaired) electrons. The zero-order valence-corrected chi connectivity index (χ0v) is 8.47. The molecule has 0 amide bonds. The lowest BCUT2D eigenvalue weighted by atomic mass is 10.3. The molecule has 78 valence electrons. The predicted molar refractivity (Wildman–Crippen MR) is 56.0 cm³/mol. The van der Waals surface area contributed by atoms with Crippen LogP contribution in [0.3, 0.4) is 0 Å². The second-order valence-electron chi connectivity index (χ2n) is 3.27. The van der Waals surface area contributed by atoms with Crippen molar-refractivity contribution >= 4 is 0 Å². The summed E-state index contributed by atoms with van der Waals surface area (Å²) in [6.07, 6.45) is 4.90. The van der Waals surface area contributed by atoms with E-state index in [2.05, 4.69) is 22.0 Å². The van der Waals surface area contributed by atoms with E-state index in [1.54, 1.807) is 18.3 Å². The van der Waals surface area contributed by atoms with Gasteiger partial charge < -0.3 is 0 Å². The van der Waals surface area contributed by atoms with E-state index in [9.17, 15) is 4.79 Å². The van der Waals surface area contributed by atoms with Gasteiger partial charge in [-0.15, -0.1) is 0 Å². The first-order chi connectivity index (χ1) is 7.31. The number of rotatable bonds is 3. The van der Waals surface area contributed by atoms with Crippen LogP contribution in [0.15, 0.2) is 29.5 Å². The fourth-order valence-electron chi connectivity index (χ4n) is 1.43. The molecule has 0 saturated carbocycles. The van der Waals surface area contributed by atoms with Crippen molar-refractivity contribution in [3.63, 3.8) is 0 Å². The molecule has 15 heavy (non-hydrogen) atoms. The number of aromatic amines is 1. The number of H-pyrrole nitrogens is 1. The van der Waals surface area contributed by atoms with Gasteiger partial charge in [0.25, 0.3) is 5.56 Å². The Balaban J connectivity index is 2.41. The third kappa shape index (κ3) is 1.96. The number of nitrogens with one attached hydrogen (secondary N) is 1. The Kier molecular flexibility index (Phi) is 2.62. The van der Waals surface area contributed by atoms with Crippen LogP contribution in [0.5, 0.6) is 0 Å². The van der Waals surface area contributed by atoms with Gasteiger partial charge in [-0.1, -0.05) is 13.3 Å². The van der Waals surface area contributed by atoms with Gasteiger partial charge in [-0.25, -0.2) is 14.6 Å². The van der Waals surface area contributed by atoms with E-state index in [1.165, 1.54) is 11.0 Å². The molecular weight excluding hydrogens is 192 g/mol. The van der Waals surface area contributed by atoms with Crippen molar-refractivity contribution in [3.8, 4) is 5.82 Å². The van der Waals surface area contributed by atoms with Crippen molar-refractivity contribution in [3.05, 3.63) is 40.7 Å². The molecule has 5 heteroatoms. The molecular formula is C10H12N4O. The van der Waals surface area contributed by atoms with Gasteiger partial charge in [0.15, 0.2) is 5.82 Å². The highest BCUT2D eigenvalue weighted by Crippen LogP contribution is 2.00. The highest BCUT2D eigenvalue weighted by atomic mass is 16.1. The summed E-state index contributed by atoms with van der Waals surface area (Å²) in [5, 5.41) is 3.01. The summed E-state index contributed by atoms with van der Waals surface area (Å²) in [7, 11) is 0. The third-order valence-electron chi connectivity index (χ3n) is 2.09. The van der Waals surface area contributed by atoms with Gasteiger partial charge in [-0.3, -0.25) is 9.89 Å². The Morgan fingerprint density at radius 2 is 2.40 bits per heavy atom. The minimum atomic E-state index is -0.0860. The maximum Gasteiger partial charge on any atom is 0.272 e. The summed E-state index contributed by atoms with van der Waals surface area (Å²) in [4.78, 5) is 19.4. The Labute approximate surface area is 86.8 Å². The molecule has 5 nitrogen and oxygen atoms in total. The monoisotopic (exact) mass is 204 g/mol. The largest absolute Gasteiger partial charge is 0.294 e. The molecule has 0 aliphatic carbocycles. The summed E-state index contributed by atoms with van der Waals surface area (Å²) < 4.78 is 1.42. The van der Waals surface area contributed by atoms with Crippen LogP contribution in [0.2, 0.25) is 0 Å². The molecule has 0 atom stereocenters. The molecule has 2 aromatic heterocycles. The third-order valence-corrected chi connectivity index (χ3v) is 2.09. The normalized spacial score (nSPS) is 10.5. The van der Waals surface area contributed by atoms with Gasteiger partial charge in [0.1, 0.15) is 6.33 Å². The van der Waals surface area contributed by atoms with E-state index in [4.69, 9.17) is 0 Å². The summed E-state index contributed by atoms with van der Waals surface area (Å²) in [5.74, 6) is 0.567. The molecule has 0 saturated heterocycles. The lowest BCUT2D eigenvalue weighted by molar-refractivity contribution is 0.772. The van der Waals surface area contributed by atoms with Crippen molar-refractivity contribution < 1.29 is 0 Å². The Morgan fingerprint density at radius 1 is 1.53 bits per heavy atom. The molecule has 2 rings (SSSR count). The first-order valence-electron chi connectivity index (χ1n) is 4.88. The van der Waals surface area contributed by atoms with E-state index >= 15 is 0 Å². The minimum Gasteiger partial charge on any atom is -0.294 e. The smallest absolute Gasteiger partial charge is 0.272 e. The predicted octanol–water partition coefficient (Wildman–Crippen LogP) is 0.908. The molecule has 2 heterocycles. The molecule has 0 aliphatic rings. The standard InChI is InChI=1S/C10H12N4O/c1-2-3-8-6-10(15)14(13-8)9-4-5-11-7-12-9/h4-7,13H,2-3H2,1H3. The van der Waals surface area contributed by atoms with Crippen LogP contribution < -0.4 is 5.56 Å². The van der Waals surface area contributed by atoms with Crippen molar-refractivity contribution in [1.29, 1.82) is 0 Å². The van der Waals surface area contributed by atoms with E-state index in [0.29, 0.717) is 5.82 Å². The Morgan fingerprint density at radius 3 is 3.07 bits per heavy atom. The maximum atomic E-state index is 11.6. The van der Waals surface area contributed by atoms with E-state index in [1.807, 2.05) is 0 Å². The van der Waals surface area contributed by atoms with Gasteiger partial charge in [0.05, 0.1) is 0 Å². The molecule has 0 spiro atoms. The fourth-order valence-corrected chi connectivity index (χ4v) is 1.43. The van der Waals surface area contributed by atoms with Crippen LogP contribution in [-0.4, -0.2) is 19.7 Å². The fraction of sp³-hybridized carbons (Fsp3) is 0.300. The molecule has 0 fully saturated rings.